The van der Waals surface area contributed by atoms with Crippen LogP contribution in [0.3, 0.4) is 0 Å². The number of fused-ring (bicyclic) bond motifs is 5. The molecule has 0 radical (unpaired) electrons. The average Bonchev–Trinajstić information content (AvgIpc) is 3.33. The first-order valence-electron chi connectivity index (χ1n) is 12.8. The molecule has 6 nitrogen and oxygen atoms in total. The third kappa shape index (κ3) is 4.42. The second kappa shape index (κ2) is 9.63. The highest BCUT2D eigenvalue weighted by Gasteiger charge is 2.46. The van der Waals surface area contributed by atoms with Crippen molar-refractivity contribution in [1.29, 1.82) is 0 Å². The van der Waals surface area contributed by atoms with Crippen molar-refractivity contribution in [3.63, 3.8) is 0 Å². The molecular formula is C32H23AlN2O4. The SMILES string of the molecule is Cc1ccc2cccc([O][Al]([O]c3cccc4ccc(C)nc34)[O]c3cccc4c3oc3ccccc34)c2n1. The van der Waals surface area contributed by atoms with Gasteiger partial charge in [-0.15, -0.1) is 0 Å². The smallest absolute Gasteiger partial charge is 0.576 e. The Morgan fingerprint density at radius 2 is 1.08 bits per heavy atom. The van der Waals surface area contributed by atoms with Crippen molar-refractivity contribution in [3.05, 3.63) is 115 Å². The normalized spacial score (nSPS) is 11.3. The van der Waals surface area contributed by atoms with Gasteiger partial charge in [-0.1, -0.05) is 66.7 Å². The zero-order valence-electron chi connectivity index (χ0n) is 21.4. The van der Waals surface area contributed by atoms with Gasteiger partial charge in [-0.25, -0.2) is 9.97 Å². The lowest BCUT2D eigenvalue weighted by molar-refractivity contribution is 0.309. The fourth-order valence-corrected chi connectivity index (χ4v) is 6.15. The van der Waals surface area contributed by atoms with E-state index in [-0.39, 0.29) is 0 Å². The van der Waals surface area contributed by atoms with E-state index in [1.807, 2.05) is 117 Å². The zero-order valence-corrected chi connectivity index (χ0v) is 22.6. The lowest BCUT2D eigenvalue weighted by Gasteiger charge is -2.18. The lowest BCUT2D eigenvalue weighted by Crippen LogP contribution is -2.37. The number of para-hydroxylation sites is 4. The predicted molar refractivity (Wildman–Crippen MR) is 154 cm³/mol. The number of furan rings is 1. The molecule has 7 aromatic rings. The molecule has 0 aliphatic carbocycles. The predicted octanol–water partition coefficient (Wildman–Crippen LogP) is 7.82. The molecule has 4 aromatic carbocycles. The van der Waals surface area contributed by atoms with E-state index >= 15 is 0 Å². The number of pyridine rings is 2. The second-order valence-corrected chi connectivity index (χ2v) is 10.7. The third-order valence-corrected chi connectivity index (χ3v) is 8.02. The van der Waals surface area contributed by atoms with Gasteiger partial charge >= 0.3 is 15.1 Å². The molecule has 39 heavy (non-hydrogen) atoms. The molecule has 188 valence electrons. The van der Waals surface area contributed by atoms with Gasteiger partial charge in [-0.3, -0.25) is 0 Å². The van der Waals surface area contributed by atoms with Gasteiger partial charge in [0.25, 0.3) is 0 Å². The van der Waals surface area contributed by atoms with Gasteiger partial charge in [0.1, 0.15) is 33.9 Å². The number of hydrogen-bond acceptors (Lipinski definition) is 6. The third-order valence-electron chi connectivity index (χ3n) is 6.68. The molecule has 0 spiro atoms. The molecule has 0 amide bonds. The molecule has 0 aliphatic heterocycles. The summed E-state index contributed by atoms with van der Waals surface area (Å²) in [6, 6.07) is 33.6. The minimum atomic E-state index is -2.95. The fourth-order valence-electron chi connectivity index (χ4n) is 4.82. The van der Waals surface area contributed by atoms with Crippen LogP contribution in [-0.4, -0.2) is 25.1 Å². The van der Waals surface area contributed by atoms with E-state index in [9.17, 15) is 0 Å². The number of benzene rings is 4. The first kappa shape index (κ1) is 23.5. The molecule has 7 heteroatoms. The number of hydrogen-bond donors (Lipinski definition) is 0. The van der Waals surface area contributed by atoms with E-state index in [2.05, 4.69) is 0 Å². The van der Waals surface area contributed by atoms with Gasteiger partial charge in [0.2, 0.25) is 0 Å². The zero-order chi connectivity index (χ0) is 26.3. The Bertz CT molecular complexity index is 1920. The largest absolute Gasteiger partial charge is 1.20 e. The van der Waals surface area contributed by atoms with Crippen LogP contribution in [-0.2, 0) is 0 Å². The maximum atomic E-state index is 6.57. The Morgan fingerprint density at radius 1 is 0.538 bits per heavy atom. The van der Waals surface area contributed by atoms with Gasteiger partial charge in [-0.2, -0.15) is 0 Å². The van der Waals surface area contributed by atoms with E-state index < -0.39 is 15.1 Å². The van der Waals surface area contributed by atoms with Crippen molar-refractivity contribution in [3.8, 4) is 17.2 Å². The summed E-state index contributed by atoms with van der Waals surface area (Å²) in [4.78, 5) is 9.48. The van der Waals surface area contributed by atoms with E-state index in [1.54, 1.807) is 0 Å². The van der Waals surface area contributed by atoms with Gasteiger partial charge < -0.3 is 15.8 Å². The molecule has 0 N–H and O–H groups in total. The van der Waals surface area contributed by atoms with Gasteiger partial charge in [-0.05, 0) is 50.2 Å². The lowest BCUT2D eigenvalue weighted by atomic mass is 10.1. The number of rotatable bonds is 6. The molecule has 0 bridgehead atoms. The van der Waals surface area contributed by atoms with Crippen LogP contribution < -0.4 is 11.4 Å². The summed E-state index contributed by atoms with van der Waals surface area (Å²) in [5.74, 6) is 1.78. The standard InChI is InChI=1S/C12H8O2.2C10H9NO.Al/c13-10-6-3-5-9-8-4-1-2-7-11(8)14-12(9)10;2*1-7-5-6-8-3-2-4-9(12)10(8)11-7;/h1-7,13H;2*2-6,12H,1H3;/q;;;+3/p-3. The molecule has 0 unspecified atom stereocenters. The van der Waals surface area contributed by atoms with Crippen molar-refractivity contribution in [2.75, 3.05) is 0 Å². The minimum absolute atomic E-state index is 0.564. The minimum Gasteiger partial charge on any atom is -0.576 e. The van der Waals surface area contributed by atoms with E-state index in [4.69, 9.17) is 25.8 Å². The summed E-state index contributed by atoms with van der Waals surface area (Å²) in [5.41, 5.74) is 4.78. The Labute approximate surface area is 229 Å². The van der Waals surface area contributed by atoms with E-state index in [0.29, 0.717) is 22.8 Å². The maximum Gasteiger partial charge on any atom is 1.20 e. The number of aromatic nitrogens is 2. The Balaban J connectivity index is 1.34. The highest BCUT2D eigenvalue weighted by atomic mass is 27.3. The van der Waals surface area contributed by atoms with Crippen LogP contribution in [0, 0.1) is 13.8 Å². The van der Waals surface area contributed by atoms with Crippen LogP contribution in [0.4, 0.5) is 0 Å². The first-order chi connectivity index (χ1) is 19.1. The summed E-state index contributed by atoms with van der Waals surface area (Å²) in [5, 5.41) is 3.96. The van der Waals surface area contributed by atoms with E-state index in [1.165, 1.54) is 0 Å². The molecule has 0 fully saturated rings. The molecule has 0 saturated heterocycles. The summed E-state index contributed by atoms with van der Waals surface area (Å²) in [6.07, 6.45) is 0. The fraction of sp³-hybridized carbons (Fsp3) is 0.0625. The molecule has 0 saturated carbocycles. The number of nitrogens with zero attached hydrogens (tertiary/aromatic N) is 2. The van der Waals surface area contributed by atoms with Crippen molar-refractivity contribution in [2.24, 2.45) is 0 Å². The molecule has 0 aliphatic rings. The highest BCUT2D eigenvalue weighted by molar-refractivity contribution is 6.40. The van der Waals surface area contributed by atoms with Crippen molar-refractivity contribution >= 4 is 58.9 Å². The quantitative estimate of drug-likeness (QED) is 0.206. The van der Waals surface area contributed by atoms with Gasteiger partial charge in [0.15, 0.2) is 5.58 Å². The highest BCUT2D eigenvalue weighted by Crippen LogP contribution is 2.35. The maximum absolute atomic E-state index is 6.57. The summed E-state index contributed by atoms with van der Waals surface area (Å²) < 4.78 is 25.9. The topological polar surface area (TPSA) is 66.6 Å². The van der Waals surface area contributed by atoms with Crippen LogP contribution in [0.25, 0.3) is 43.7 Å². The Morgan fingerprint density at radius 3 is 1.74 bits per heavy atom. The van der Waals surface area contributed by atoms with Crippen LogP contribution >= 0.6 is 0 Å². The monoisotopic (exact) mass is 526 g/mol. The van der Waals surface area contributed by atoms with Crippen LogP contribution in [0.15, 0.2) is 108 Å². The van der Waals surface area contributed by atoms with Gasteiger partial charge in [0.05, 0.1) is 0 Å². The average molecular weight is 527 g/mol. The first-order valence-corrected chi connectivity index (χ1v) is 14.2. The van der Waals surface area contributed by atoms with E-state index in [0.717, 1.165) is 49.5 Å². The molecular weight excluding hydrogens is 503 g/mol. The summed E-state index contributed by atoms with van der Waals surface area (Å²) in [7, 11) is 0. The Hall–Kier alpha value is -4.57. The summed E-state index contributed by atoms with van der Waals surface area (Å²) in [6.45, 7) is 3.93. The van der Waals surface area contributed by atoms with Crippen LogP contribution in [0.5, 0.6) is 17.2 Å². The van der Waals surface area contributed by atoms with Crippen molar-refractivity contribution < 1.29 is 15.8 Å². The second-order valence-electron chi connectivity index (χ2n) is 9.43. The number of aryl methyl sites for hydroxylation is 2. The molecule has 3 heterocycles. The molecule has 3 aromatic heterocycles. The van der Waals surface area contributed by atoms with Crippen LogP contribution in [0.2, 0.25) is 0 Å². The van der Waals surface area contributed by atoms with Crippen LogP contribution in [0.1, 0.15) is 11.4 Å². The summed E-state index contributed by atoms with van der Waals surface area (Å²) >= 11 is -2.95. The molecule has 7 rings (SSSR count). The molecule has 0 atom stereocenters. The van der Waals surface area contributed by atoms with Crippen molar-refractivity contribution in [2.45, 2.75) is 13.8 Å². The van der Waals surface area contributed by atoms with Gasteiger partial charge in [0, 0.05) is 32.9 Å². The van der Waals surface area contributed by atoms with Crippen molar-refractivity contribution in [1.82, 2.24) is 9.97 Å². The Kier molecular flexibility index (Phi) is 5.81.